The van der Waals surface area contributed by atoms with Crippen molar-refractivity contribution in [1.29, 1.82) is 0 Å². The number of rotatable bonds is 8. The van der Waals surface area contributed by atoms with E-state index in [1.807, 2.05) is 30.3 Å². The van der Waals surface area contributed by atoms with Crippen LogP contribution in [-0.4, -0.2) is 47.8 Å². The summed E-state index contributed by atoms with van der Waals surface area (Å²) in [5, 5.41) is 12.9. The fourth-order valence-electron chi connectivity index (χ4n) is 3.80. The lowest BCUT2D eigenvalue weighted by Gasteiger charge is -2.31. The highest BCUT2D eigenvalue weighted by Gasteiger charge is 2.31. The first-order valence-corrected chi connectivity index (χ1v) is 10.8. The van der Waals surface area contributed by atoms with Crippen LogP contribution in [0.2, 0.25) is 0 Å². The van der Waals surface area contributed by atoms with E-state index in [4.69, 9.17) is 0 Å². The van der Waals surface area contributed by atoms with Crippen LogP contribution in [0.25, 0.3) is 0 Å². The second kappa shape index (κ2) is 11.2. The van der Waals surface area contributed by atoms with E-state index in [9.17, 15) is 27.9 Å². The van der Waals surface area contributed by atoms with Crippen LogP contribution in [0.1, 0.15) is 36.5 Å². The lowest BCUT2D eigenvalue weighted by molar-refractivity contribution is -0.274. The van der Waals surface area contributed by atoms with Gasteiger partial charge in [0.25, 0.3) is 0 Å². The first-order valence-electron chi connectivity index (χ1n) is 10.8. The SMILES string of the molecule is O=C(NCC(O)c1ccc(OC(F)(F)F)cc1)C1CCN(C(=O)CCc2ccccc2)CC1. The van der Waals surface area contributed by atoms with E-state index in [1.54, 1.807) is 4.90 Å². The summed E-state index contributed by atoms with van der Waals surface area (Å²) in [7, 11) is 0. The standard InChI is InChI=1S/C24H27F3N2O4/c25-24(26,27)33-20-9-7-18(8-10-20)21(30)16-28-23(32)19-12-14-29(15-13-19)22(31)11-6-17-4-2-1-3-5-17/h1-5,7-10,19,21,30H,6,11-16H2,(H,28,32). The summed E-state index contributed by atoms with van der Waals surface area (Å²) in [4.78, 5) is 26.7. The number of benzene rings is 2. The molecule has 3 rings (SSSR count). The molecule has 1 atom stereocenters. The van der Waals surface area contributed by atoms with Gasteiger partial charge < -0.3 is 20.1 Å². The normalized spacial score (nSPS) is 15.7. The molecule has 0 aromatic heterocycles. The third-order valence-corrected chi connectivity index (χ3v) is 5.66. The predicted octanol–water partition coefficient (Wildman–Crippen LogP) is 3.61. The van der Waals surface area contributed by atoms with Crippen molar-refractivity contribution in [2.75, 3.05) is 19.6 Å². The largest absolute Gasteiger partial charge is 0.573 e. The Morgan fingerprint density at radius 2 is 1.70 bits per heavy atom. The van der Waals surface area contributed by atoms with E-state index in [-0.39, 0.29) is 30.0 Å². The molecule has 2 amide bonds. The number of nitrogens with one attached hydrogen (secondary N) is 1. The third-order valence-electron chi connectivity index (χ3n) is 5.66. The highest BCUT2D eigenvalue weighted by Crippen LogP contribution is 2.24. The van der Waals surface area contributed by atoms with Crippen molar-refractivity contribution in [3.63, 3.8) is 0 Å². The number of alkyl halides is 3. The fraction of sp³-hybridized carbons (Fsp3) is 0.417. The summed E-state index contributed by atoms with van der Waals surface area (Å²) >= 11 is 0. The molecule has 1 unspecified atom stereocenters. The second-order valence-electron chi connectivity index (χ2n) is 8.02. The minimum Gasteiger partial charge on any atom is -0.406 e. The zero-order chi connectivity index (χ0) is 23.8. The van der Waals surface area contributed by atoms with Gasteiger partial charge in [0.05, 0.1) is 6.10 Å². The Kier molecular flexibility index (Phi) is 8.32. The summed E-state index contributed by atoms with van der Waals surface area (Å²) in [5.41, 5.74) is 1.48. The van der Waals surface area contributed by atoms with E-state index in [0.29, 0.717) is 44.3 Å². The highest BCUT2D eigenvalue weighted by atomic mass is 19.4. The molecule has 1 heterocycles. The molecule has 2 N–H and O–H groups in total. The topological polar surface area (TPSA) is 78.9 Å². The first-order chi connectivity index (χ1) is 15.7. The molecule has 1 fully saturated rings. The van der Waals surface area contributed by atoms with Crippen molar-refractivity contribution in [3.8, 4) is 5.75 Å². The third kappa shape index (κ3) is 7.78. The zero-order valence-corrected chi connectivity index (χ0v) is 18.1. The van der Waals surface area contributed by atoms with Crippen LogP contribution in [0.5, 0.6) is 5.75 Å². The summed E-state index contributed by atoms with van der Waals surface area (Å²) in [5.74, 6) is -0.765. The lowest BCUT2D eigenvalue weighted by Crippen LogP contribution is -2.43. The van der Waals surface area contributed by atoms with Gasteiger partial charge in [0.2, 0.25) is 11.8 Å². The minimum absolute atomic E-state index is 0.0610. The van der Waals surface area contributed by atoms with Gasteiger partial charge in [-0.05, 0) is 42.5 Å². The summed E-state index contributed by atoms with van der Waals surface area (Å²) in [6.07, 6.45) is -3.64. The van der Waals surface area contributed by atoms with Gasteiger partial charge in [-0.25, -0.2) is 0 Å². The summed E-state index contributed by atoms with van der Waals surface area (Å²) in [6, 6.07) is 14.7. The van der Waals surface area contributed by atoms with E-state index in [2.05, 4.69) is 10.1 Å². The van der Waals surface area contributed by atoms with E-state index in [0.717, 1.165) is 17.7 Å². The lowest BCUT2D eigenvalue weighted by atomic mass is 9.95. The number of aliphatic hydroxyl groups is 1. The van der Waals surface area contributed by atoms with E-state index < -0.39 is 12.5 Å². The van der Waals surface area contributed by atoms with Gasteiger partial charge in [-0.15, -0.1) is 13.2 Å². The maximum absolute atomic E-state index is 12.5. The zero-order valence-electron chi connectivity index (χ0n) is 18.1. The molecule has 6 nitrogen and oxygen atoms in total. The molecule has 33 heavy (non-hydrogen) atoms. The van der Waals surface area contributed by atoms with Crippen LogP contribution in [0.3, 0.4) is 0 Å². The van der Waals surface area contributed by atoms with Gasteiger partial charge in [0.1, 0.15) is 5.75 Å². The van der Waals surface area contributed by atoms with Crippen LogP contribution in [0, 0.1) is 5.92 Å². The number of ether oxygens (including phenoxy) is 1. The number of piperidine rings is 1. The Balaban J connectivity index is 1.38. The predicted molar refractivity (Wildman–Crippen MR) is 115 cm³/mol. The number of nitrogens with zero attached hydrogens (tertiary/aromatic N) is 1. The molecule has 9 heteroatoms. The minimum atomic E-state index is -4.78. The molecule has 2 aromatic carbocycles. The molecule has 0 aliphatic carbocycles. The smallest absolute Gasteiger partial charge is 0.406 e. The Hall–Kier alpha value is -3.07. The van der Waals surface area contributed by atoms with Gasteiger partial charge in [-0.1, -0.05) is 42.5 Å². The molecule has 178 valence electrons. The number of hydrogen-bond acceptors (Lipinski definition) is 4. The van der Waals surface area contributed by atoms with Crippen LogP contribution in [0.15, 0.2) is 54.6 Å². The quantitative estimate of drug-likeness (QED) is 0.626. The average Bonchev–Trinajstić information content (AvgIpc) is 2.81. The Labute approximate surface area is 190 Å². The van der Waals surface area contributed by atoms with Gasteiger partial charge in [0, 0.05) is 32.0 Å². The van der Waals surface area contributed by atoms with Crippen LogP contribution < -0.4 is 10.1 Å². The van der Waals surface area contributed by atoms with Gasteiger partial charge in [0.15, 0.2) is 0 Å². The number of likely N-dealkylation sites (tertiary alicyclic amines) is 1. The van der Waals surface area contributed by atoms with Crippen LogP contribution in [0.4, 0.5) is 13.2 Å². The number of hydrogen-bond donors (Lipinski definition) is 2. The van der Waals surface area contributed by atoms with Crippen molar-refractivity contribution in [2.45, 2.75) is 38.1 Å². The maximum Gasteiger partial charge on any atom is 0.573 e. The Bertz CT molecular complexity index is 912. The number of aliphatic hydroxyl groups excluding tert-OH is 1. The van der Waals surface area contributed by atoms with E-state index >= 15 is 0 Å². The van der Waals surface area contributed by atoms with Crippen molar-refractivity contribution in [3.05, 3.63) is 65.7 Å². The van der Waals surface area contributed by atoms with Crippen molar-refractivity contribution in [1.82, 2.24) is 10.2 Å². The molecule has 2 aromatic rings. The number of amides is 2. The van der Waals surface area contributed by atoms with Crippen molar-refractivity contribution in [2.24, 2.45) is 5.92 Å². The van der Waals surface area contributed by atoms with Crippen molar-refractivity contribution >= 4 is 11.8 Å². The molecular formula is C24H27F3N2O4. The summed E-state index contributed by atoms with van der Waals surface area (Å²) in [6.45, 7) is 0.957. The Morgan fingerprint density at radius 3 is 2.30 bits per heavy atom. The van der Waals surface area contributed by atoms with Crippen LogP contribution >= 0.6 is 0 Å². The number of carbonyl (C=O) groups excluding carboxylic acids is 2. The molecule has 0 bridgehead atoms. The van der Waals surface area contributed by atoms with Gasteiger partial charge >= 0.3 is 6.36 Å². The summed E-state index contributed by atoms with van der Waals surface area (Å²) < 4.78 is 40.5. The number of aryl methyl sites for hydroxylation is 1. The molecule has 0 radical (unpaired) electrons. The molecule has 1 aliphatic rings. The van der Waals surface area contributed by atoms with Gasteiger partial charge in [-0.2, -0.15) is 0 Å². The maximum atomic E-state index is 12.5. The average molecular weight is 464 g/mol. The molecular weight excluding hydrogens is 437 g/mol. The van der Waals surface area contributed by atoms with Crippen molar-refractivity contribution < 1.29 is 32.6 Å². The molecule has 1 saturated heterocycles. The van der Waals surface area contributed by atoms with E-state index in [1.165, 1.54) is 12.1 Å². The number of carbonyl (C=O) groups is 2. The van der Waals surface area contributed by atoms with Crippen LogP contribution in [-0.2, 0) is 16.0 Å². The Morgan fingerprint density at radius 1 is 1.06 bits per heavy atom. The first kappa shape index (κ1) is 24.6. The fourth-order valence-corrected chi connectivity index (χ4v) is 3.80. The highest BCUT2D eigenvalue weighted by molar-refractivity contribution is 5.80. The molecule has 0 saturated carbocycles. The second-order valence-corrected chi connectivity index (χ2v) is 8.02. The van der Waals surface area contributed by atoms with Gasteiger partial charge in [-0.3, -0.25) is 9.59 Å². The monoisotopic (exact) mass is 464 g/mol. The number of halogens is 3. The molecule has 0 spiro atoms. The molecule has 1 aliphatic heterocycles.